The molecule has 4 nitrogen and oxygen atoms in total. The zero-order valence-corrected chi connectivity index (χ0v) is 16.2. The van der Waals surface area contributed by atoms with Gasteiger partial charge in [-0.05, 0) is 34.5 Å². The number of benzene rings is 3. The van der Waals surface area contributed by atoms with Crippen LogP contribution in [0.3, 0.4) is 0 Å². The lowest BCUT2D eigenvalue weighted by Gasteiger charge is -2.05. The molecule has 0 atom stereocenters. The molecule has 0 unspecified atom stereocenters. The molecule has 0 spiro atoms. The number of carbonyl (C=O) groups excluding carboxylic acids is 1. The fourth-order valence-electron chi connectivity index (χ4n) is 2.85. The van der Waals surface area contributed by atoms with Gasteiger partial charge in [0, 0.05) is 10.4 Å². The largest absolute Gasteiger partial charge is 0.507 e. The number of rotatable bonds is 4. The number of fused-ring (bicyclic) bond motifs is 1. The van der Waals surface area contributed by atoms with E-state index in [1.165, 1.54) is 17.6 Å². The van der Waals surface area contributed by atoms with Crippen molar-refractivity contribution in [3.8, 4) is 16.2 Å². The number of thiophene rings is 1. The number of nitrogens with zero attached hydrogens (tertiary/aromatic N) is 1. The highest BCUT2D eigenvalue weighted by Gasteiger charge is 2.12. The molecule has 6 heteroatoms. The van der Waals surface area contributed by atoms with Gasteiger partial charge in [0.1, 0.15) is 10.1 Å². The van der Waals surface area contributed by atoms with E-state index in [4.69, 9.17) is 11.6 Å². The van der Waals surface area contributed by atoms with Crippen LogP contribution in [-0.2, 0) is 0 Å². The van der Waals surface area contributed by atoms with Gasteiger partial charge in [-0.1, -0.05) is 66.2 Å². The van der Waals surface area contributed by atoms with Crippen LogP contribution in [0.25, 0.3) is 21.2 Å². The van der Waals surface area contributed by atoms with Crippen molar-refractivity contribution in [1.82, 2.24) is 5.43 Å². The van der Waals surface area contributed by atoms with E-state index in [0.717, 1.165) is 21.2 Å². The van der Waals surface area contributed by atoms with E-state index < -0.39 is 5.91 Å². The molecule has 138 valence electrons. The SMILES string of the molecule is O=C(N/N=C/c1cc(-c2ccccc2)sc1Cl)c1cc2ccccc2cc1O. The molecular weight excluding hydrogens is 392 g/mol. The van der Waals surface area contributed by atoms with Crippen LogP contribution in [0.5, 0.6) is 5.75 Å². The summed E-state index contributed by atoms with van der Waals surface area (Å²) in [6.45, 7) is 0. The third-order valence-corrected chi connectivity index (χ3v) is 5.69. The quantitative estimate of drug-likeness (QED) is 0.337. The van der Waals surface area contributed by atoms with Crippen molar-refractivity contribution >= 4 is 45.8 Å². The van der Waals surface area contributed by atoms with E-state index in [1.54, 1.807) is 12.1 Å². The first-order chi connectivity index (χ1) is 13.6. The van der Waals surface area contributed by atoms with Crippen LogP contribution in [0, 0.1) is 0 Å². The smallest absolute Gasteiger partial charge is 0.275 e. The Morgan fingerprint density at radius 1 is 1.00 bits per heavy atom. The van der Waals surface area contributed by atoms with Gasteiger partial charge in [0.25, 0.3) is 5.91 Å². The molecule has 28 heavy (non-hydrogen) atoms. The maximum Gasteiger partial charge on any atom is 0.275 e. The second-order valence-electron chi connectivity index (χ2n) is 6.12. The minimum absolute atomic E-state index is 0.0914. The Balaban J connectivity index is 1.52. The number of aromatic hydroxyl groups is 1. The topological polar surface area (TPSA) is 61.7 Å². The summed E-state index contributed by atoms with van der Waals surface area (Å²) in [5.74, 6) is -0.583. The highest BCUT2D eigenvalue weighted by Crippen LogP contribution is 2.34. The van der Waals surface area contributed by atoms with Crippen LogP contribution in [0.15, 0.2) is 77.9 Å². The molecule has 0 bridgehead atoms. The van der Waals surface area contributed by atoms with Crippen LogP contribution >= 0.6 is 22.9 Å². The summed E-state index contributed by atoms with van der Waals surface area (Å²) in [5, 5.41) is 15.9. The highest BCUT2D eigenvalue weighted by molar-refractivity contribution is 7.19. The lowest BCUT2D eigenvalue weighted by Crippen LogP contribution is -2.17. The first-order valence-corrected chi connectivity index (χ1v) is 9.71. The molecule has 0 saturated heterocycles. The summed E-state index contributed by atoms with van der Waals surface area (Å²) < 4.78 is 0.588. The Labute approximate surface area is 170 Å². The molecule has 0 saturated carbocycles. The van der Waals surface area contributed by atoms with Crippen molar-refractivity contribution in [2.45, 2.75) is 0 Å². The predicted octanol–water partition coefficient (Wildman–Crippen LogP) is 5.69. The summed E-state index contributed by atoms with van der Waals surface area (Å²) in [6.07, 6.45) is 1.50. The van der Waals surface area contributed by atoms with E-state index in [-0.39, 0.29) is 11.3 Å². The Hall–Kier alpha value is -3.15. The van der Waals surface area contributed by atoms with Gasteiger partial charge in [-0.15, -0.1) is 11.3 Å². The summed E-state index contributed by atoms with van der Waals surface area (Å²) >= 11 is 7.74. The van der Waals surface area contributed by atoms with E-state index in [1.807, 2.05) is 60.7 Å². The van der Waals surface area contributed by atoms with Crippen LogP contribution < -0.4 is 5.43 Å². The zero-order valence-electron chi connectivity index (χ0n) is 14.6. The number of hydrazone groups is 1. The summed E-state index contributed by atoms with van der Waals surface area (Å²) in [4.78, 5) is 13.4. The number of halogens is 1. The van der Waals surface area contributed by atoms with Gasteiger partial charge in [-0.25, -0.2) is 5.43 Å². The molecule has 1 aromatic heterocycles. The first-order valence-electron chi connectivity index (χ1n) is 8.52. The third-order valence-electron chi connectivity index (χ3n) is 4.25. The van der Waals surface area contributed by atoms with E-state index >= 15 is 0 Å². The van der Waals surface area contributed by atoms with Gasteiger partial charge in [0.15, 0.2) is 0 Å². The molecule has 4 rings (SSSR count). The van der Waals surface area contributed by atoms with Gasteiger partial charge < -0.3 is 5.11 Å². The number of phenols is 1. The van der Waals surface area contributed by atoms with Crippen LogP contribution in [0.1, 0.15) is 15.9 Å². The fourth-order valence-corrected chi connectivity index (χ4v) is 4.06. The lowest BCUT2D eigenvalue weighted by atomic mass is 10.1. The van der Waals surface area contributed by atoms with Gasteiger partial charge >= 0.3 is 0 Å². The maximum atomic E-state index is 12.4. The molecule has 0 aliphatic rings. The van der Waals surface area contributed by atoms with E-state index in [2.05, 4.69) is 10.5 Å². The van der Waals surface area contributed by atoms with Crippen LogP contribution in [-0.4, -0.2) is 17.2 Å². The van der Waals surface area contributed by atoms with Crippen molar-refractivity contribution < 1.29 is 9.90 Å². The third kappa shape index (κ3) is 3.76. The van der Waals surface area contributed by atoms with Crippen molar-refractivity contribution in [2.24, 2.45) is 5.10 Å². The molecule has 1 heterocycles. The minimum Gasteiger partial charge on any atom is -0.507 e. The fraction of sp³-hybridized carbons (Fsp3) is 0. The zero-order chi connectivity index (χ0) is 19.5. The molecule has 0 fully saturated rings. The number of amides is 1. The van der Waals surface area contributed by atoms with Crippen molar-refractivity contribution in [3.05, 3.63) is 88.3 Å². The number of hydrogen-bond acceptors (Lipinski definition) is 4. The molecule has 4 aromatic rings. The molecule has 0 aliphatic carbocycles. The number of hydrogen-bond donors (Lipinski definition) is 2. The Kier molecular flexibility index (Phi) is 5.10. The first kappa shape index (κ1) is 18.2. The van der Waals surface area contributed by atoms with Crippen LogP contribution in [0.2, 0.25) is 4.34 Å². The summed E-state index contributed by atoms with van der Waals surface area (Å²) in [7, 11) is 0. The van der Waals surface area contributed by atoms with Crippen molar-refractivity contribution in [3.63, 3.8) is 0 Å². The molecular formula is C22H15ClN2O2S. The Bertz CT molecular complexity index is 1190. The second-order valence-corrected chi connectivity index (χ2v) is 7.78. The Morgan fingerprint density at radius 2 is 1.68 bits per heavy atom. The van der Waals surface area contributed by atoms with Crippen molar-refractivity contribution in [1.29, 1.82) is 0 Å². The molecule has 0 radical (unpaired) electrons. The van der Waals surface area contributed by atoms with Gasteiger partial charge in [0.05, 0.1) is 11.8 Å². The minimum atomic E-state index is -0.492. The average molecular weight is 407 g/mol. The Morgan fingerprint density at radius 3 is 2.43 bits per heavy atom. The van der Waals surface area contributed by atoms with Crippen LogP contribution in [0.4, 0.5) is 0 Å². The van der Waals surface area contributed by atoms with Crippen molar-refractivity contribution in [2.75, 3.05) is 0 Å². The summed E-state index contributed by atoms with van der Waals surface area (Å²) in [5.41, 5.74) is 4.39. The molecule has 1 amide bonds. The number of nitrogens with one attached hydrogen (secondary N) is 1. The van der Waals surface area contributed by atoms with Gasteiger partial charge in [-0.2, -0.15) is 5.10 Å². The number of phenolic OH excluding ortho intramolecular Hbond substituents is 1. The molecule has 3 aromatic carbocycles. The molecule has 2 N–H and O–H groups in total. The number of carbonyl (C=O) groups is 1. The second kappa shape index (κ2) is 7.84. The average Bonchev–Trinajstić information content (AvgIpc) is 3.08. The van der Waals surface area contributed by atoms with Gasteiger partial charge in [0.2, 0.25) is 0 Å². The standard InChI is InChI=1S/C22H15ClN2O2S/c23-21-17(12-20(28-21)14-6-2-1-3-7-14)13-24-25-22(27)18-10-15-8-4-5-9-16(15)11-19(18)26/h1-13,26H,(H,25,27)/b24-13+. The monoisotopic (exact) mass is 406 g/mol. The van der Waals surface area contributed by atoms with E-state index in [0.29, 0.717) is 9.90 Å². The normalized spacial score (nSPS) is 11.2. The highest BCUT2D eigenvalue weighted by atomic mass is 35.5. The predicted molar refractivity (Wildman–Crippen MR) is 115 cm³/mol. The van der Waals surface area contributed by atoms with E-state index in [9.17, 15) is 9.90 Å². The lowest BCUT2D eigenvalue weighted by molar-refractivity contribution is 0.0952. The van der Waals surface area contributed by atoms with Gasteiger partial charge in [-0.3, -0.25) is 4.79 Å². The summed E-state index contributed by atoms with van der Waals surface area (Å²) in [6, 6.07) is 22.5. The molecule has 0 aliphatic heterocycles. The maximum absolute atomic E-state index is 12.4.